The summed E-state index contributed by atoms with van der Waals surface area (Å²) in [6, 6.07) is 0. The van der Waals surface area contributed by atoms with E-state index in [1.165, 1.54) is 0 Å². The molecule has 0 N–H and O–H groups in total. The van der Waals surface area contributed by atoms with Gasteiger partial charge in [0, 0.05) is 0 Å². The van der Waals surface area contributed by atoms with E-state index < -0.39 is 0 Å². The molecule has 0 aromatic heterocycles. The van der Waals surface area contributed by atoms with Crippen molar-refractivity contribution in [3.63, 3.8) is 0 Å². The predicted octanol–water partition coefficient (Wildman–Crippen LogP) is 2.57. The lowest BCUT2D eigenvalue weighted by atomic mass is 10.4. The zero-order valence-electron chi connectivity index (χ0n) is 4.03. The summed E-state index contributed by atoms with van der Waals surface area (Å²) < 4.78 is 4.74. The highest BCUT2D eigenvalue weighted by molar-refractivity contribution is 6.31. The van der Waals surface area contributed by atoms with E-state index >= 15 is 0 Å². The van der Waals surface area contributed by atoms with Crippen LogP contribution in [0.3, 0.4) is 0 Å². The minimum atomic E-state index is 0.359. The molecular formula is C5H4Cl2O. The van der Waals surface area contributed by atoms with Crippen molar-refractivity contribution in [2.75, 3.05) is 0 Å². The molecule has 0 fully saturated rings. The first kappa shape index (κ1) is 5.99. The second kappa shape index (κ2) is 2.42. The lowest BCUT2D eigenvalue weighted by Crippen LogP contribution is -1.85. The summed E-state index contributed by atoms with van der Waals surface area (Å²) in [6.07, 6.45) is 4.25. The molecular weight excluding hydrogens is 147 g/mol. The molecule has 44 valence electrons. The van der Waals surface area contributed by atoms with E-state index in [1.54, 1.807) is 12.2 Å². The number of hydrogen-bond acceptors (Lipinski definition) is 1. The highest BCUT2D eigenvalue weighted by Gasteiger charge is 2.00. The van der Waals surface area contributed by atoms with Crippen LogP contribution in [0.15, 0.2) is 22.6 Å². The second-order valence-electron chi connectivity index (χ2n) is 1.35. The van der Waals surface area contributed by atoms with E-state index in [0.29, 0.717) is 10.4 Å². The fourth-order valence-corrected chi connectivity index (χ4v) is 0.805. The first-order valence-corrected chi connectivity index (χ1v) is 2.94. The Morgan fingerprint density at radius 1 is 1.25 bits per heavy atom. The van der Waals surface area contributed by atoms with E-state index in [1.807, 2.05) is 0 Å². The monoisotopic (exact) mass is 150 g/mol. The molecule has 0 saturated carbocycles. The second-order valence-corrected chi connectivity index (χ2v) is 2.10. The fraction of sp³-hybridized carbons (Fsp3) is 0.200. The molecule has 0 amide bonds. The van der Waals surface area contributed by atoms with Gasteiger partial charge in [0.1, 0.15) is 0 Å². The number of ether oxygens (including phenoxy) is 1. The normalized spacial score (nSPS) is 18.8. The zero-order valence-corrected chi connectivity index (χ0v) is 5.54. The van der Waals surface area contributed by atoms with Gasteiger partial charge in [-0.05, 0) is 41.8 Å². The van der Waals surface area contributed by atoms with Gasteiger partial charge in [-0.3, -0.25) is 0 Å². The Morgan fingerprint density at radius 3 is 2.00 bits per heavy atom. The van der Waals surface area contributed by atoms with E-state index in [9.17, 15) is 0 Å². The number of halogens is 2. The van der Waals surface area contributed by atoms with Gasteiger partial charge in [0.05, 0.1) is 0 Å². The summed E-state index contributed by atoms with van der Waals surface area (Å²) in [5.41, 5.74) is 0. The molecule has 0 saturated heterocycles. The maximum Gasteiger partial charge on any atom is 0.191 e. The SMILES string of the molecule is ClC1=CCC=C(Cl)O1. The molecule has 1 nitrogen and oxygen atoms in total. The minimum Gasteiger partial charge on any atom is -0.434 e. The van der Waals surface area contributed by atoms with Crippen LogP contribution in [0.2, 0.25) is 0 Å². The fourth-order valence-electron chi connectivity index (χ4n) is 0.421. The molecule has 1 aliphatic rings. The molecule has 3 heteroatoms. The van der Waals surface area contributed by atoms with Crippen LogP contribution < -0.4 is 0 Å². The molecule has 0 atom stereocenters. The lowest BCUT2D eigenvalue weighted by molar-refractivity contribution is 0.358. The summed E-state index contributed by atoms with van der Waals surface area (Å²) in [6.45, 7) is 0. The van der Waals surface area contributed by atoms with Crippen molar-refractivity contribution in [1.82, 2.24) is 0 Å². The van der Waals surface area contributed by atoms with Gasteiger partial charge in [0.15, 0.2) is 10.4 Å². The van der Waals surface area contributed by atoms with E-state index in [4.69, 9.17) is 27.9 Å². The van der Waals surface area contributed by atoms with Crippen LogP contribution in [-0.2, 0) is 4.74 Å². The number of hydrogen-bond donors (Lipinski definition) is 0. The Balaban J connectivity index is 2.57. The first-order valence-electron chi connectivity index (χ1n) is 2.18. The van der Waals surface area contributed by atoms with Crippen molar-refractivity contribution >= 4 is 23.2 Å². The van der Waals surface area contributed by atoms with Crippen molar-refractivity contribution in [1.29, 1.82) is 0 Å². The molecule has 0 spiro atoms. The molecule has 0 radical (unpaired) electrons. The van der Waals surface area contributed by atoms with E-state index in [2.05, 4.69) is 0 Å². The molecule has 0 aromatic carbocycles. The quantitative estimate of drug-likeness (QED) is 0.516. The number of allylic oxidation sites excluding steroid dienone is 2. The van der Waals surface area contributed by atoms with E-state index in [-0.39, 0.29) is 0 Å². The Labute approximate surface area is 57.5 Å². The van der Waals surface area contributed by atoms with Gasteiger partial charge in [0.25, 0.3) is 0 Å². The standard InChI is InChI=1S/C5H4Cl2O/c6-4-2-1-3-5(7)8-4/h2-3H,1H2. The average Bonchev–Trinajstić information content (AvgIpc) is 1.64. The summed E-state index contributed by atoms with van der Waals surface area (Å²) in [5, 5.41) is 0.718. The number of rotatable bonds is 0. The van der Waals surface area contributed by atoms with Crippen molar-refractivity contribution in [3.8, 4) is 0 Å². The highest BCUT2D eigenvalue weighted by Crippen LogP contribution is 2.19. The molecule has 0 aliphatic carbocycles. The van der Waals surface area contributed by atoms with Crippen molar-refractivity contribution in [2.45, 2.75) is 6.42 Å². The van der Waals surface area contributed by atoms with Crippen molar-refractivity contribution in [2.24, 2.45) is 0 Å². The largest absolute Gasteiger partial charge is 0.434 e. The third kappa shape index (κ3) is 1.42. The molecule has 0 unspecified atom stereocenters. The molecule has 0 bridgehead atoms. The van der Waals surface area contributed by atoms with Gasteiger partial charge in [-0.25, -0.2) is 0 Å². The molecule has 0 aromatic rings. The summed E-state index contributed by atoms with van der Waals surface area (Å²) in [4.78, 5) is 0. The van der Waals surface area contributed by atoms with Crippen LogP contribution in [0.1, 0.15) is 6.42 Å². The maximum absolute atomic E-state index is 5.43. The lowest BCUT2D eigenvalue weighted by Gasteiger charge is -2.04. The van der Waals surface area contributed by atoms with Crippen molar-refractivity contribution in [3.05, 3.63) is 22.6 Å². The maximum atomic E-state index is 5.43. The van der Waals surface area contributed by atoms with Gasteiger partial charge in [-0.2, -0.15) is 0 Å². The third-order valence-electron chi connectivity index (χ3n) is 0.752. The van der Waals surface area contributed by atoms with Crippen LogP contribution in [0.4, 0.5) is 0 Å². The molecule has 8 heavy (non-hydrogen) atoms. The smallest absolute Gasteiger partial charge is 0.191 e. The summed E-state index contributed by atoms with van der Waals surface area (Å²) in [7, 11) is 0. The molecule has 1 rings (SSSR count). The first-order chi connectivity index (χ1) is 3.79. The Bertz CT molecular complexity index is 133. The summed E-state index contributed by atoms with van der Waals surface area (Å²) >= 11 is 10.9. The highest BCUT2D eigenvalue weighted by atomic mass is 35.5. The van der Waals surface area contributed by atoms with Gasteiger partial charge in [0.2, 0.25) is 0 Å². The minimum absolute atomic E-state index is 0.359. The Kier molecular flexibility index (Phi) is 1.81. The van der Waals surface area contributed by atoms with Gasteiger partial charge in [-0.1, -0.05) is 0 Å². The van der Waals surface area contributed by atoms with Gasteiger partial charge >= 0.3 is 0 Å². The van der Waals surface area contributed by atoms with Gasteiger partial charge in [-0.15, -0.1) is 0 Å². The average molecular weight is 151 g/mol. The van der Waals surface area contributed by atoms with Crippen LogP contribution >= 0.6 is 23.2 Å². The van der Waals surface area contributed by atoms with E-state index in [0.717, 1.165) is 6.42 Å². The van der Waals surface area contributed by atoms with Crippen molar-refractivity contribution < 1.29 is 4.74 Å². The van der Waals surface area contributed by atoms with Crippen LogP contribution in [-0.4, -0.2) is 0 Å². The summed E-state index contributed by atoms with van der Waals surface area (Å²) in [5.74, 6) is 0. The molecule has 1 heterocycles. The van der Waals surface area contributed by atoms with Crippen LogP contribution in [0.25, 0.3) is 0 Å². The van der Waals surface area contributed by atoms with Crippen LogP contribution in [0, 0.1) is 0 Å². The van der Waals surface area contributed by atoms with Crippen LogP contribution in [0.5, 0.6) is 0 Å². The predicted molar refractivity (Wildman–Crippen MR) is 33.6 cm³/mol. The Morgan fingerprint density at radius 2 is 1.75 bits per heavy atom. The van der Waals surface area contributed by atoms with Gasteiger partial charge < -0.3 is 4.74 Å². The Hall–Kier alpha value is -0.140. The third-order valence-corrected chi connectivity index (χ3v) is 1.21. The topological polar surface area (TPSA) is 9.23 Å². The molecule has 1 aliphatic heterocycles. The zero-order chi connectivity index (χ0) is 5.98.